The summed E-state index contributed by atoms with van der Waals surface area (Å²) in [6, 6.07) is 0.207. The molecule has 1 aromatic rings. The molecule has 21 heavy (non-hydrogen) atoms. The van der Waals surface area contributed by atoms with E-state index in [0.717, 1.165) is 30.4 Å². The summed E-state index contributed by atoms with van der Waals surface area (Å²) in [5, 5.41) is 10.1. The molecule has 5 nitrogen and oxygen atoms in total. The SMILES string of the molecule is CCCc1[nH]nc(C(=O)NC(C)C2CC3CCC2C3)c1N. The topological polar surface area (TPSA) is 83.8 Å². The number of nitrogens with zero attached hydrogens (tertiary/aromatic N) is 1. The number of carbonyl (C=O) groups is 1. The summed E-state index contributed by atoms with van der Waals surface area (Å²) in [7, 11) is 0. The van der Waals surface area contributed by atoms with E-state index >= 15 is 0 Å². The van der Waals surface area contributed by atoms with Gasteiger partial charge in [0.1, 0.15) is 0 Å². The lowest BCUT2D eigenvalue weighted by atomic mass is 9.84. The fourth-order valence-electron chi connectivity index (χ4n) is 4.29. The van der Waals surface area contributed by atoms with Crippen LogP contribution >= 0.6 is 0 Å². The Hall–Kier alpha value is -1.52. The Balaban J connectivity index is 1.63. The number of nitrogens with two attached hydrogens (primary N) is 1. The van der Waals surface area contributed by atoms with Crippen molar-refractivity contribution < 1.29 is 4.79 Å². The van der Waals surface area contributed by atoms with Gasteiger partial charge in [-0.15, -0.1) is 0 Å². The maximum atomic E-state index is 12.4. The van der Waals surface area contributed by atoms with Gasteiger partial charge in [0.2, 0.25) is 0 Å². The van der Waals surface area contributed by atoms with Crippen molar-refractivity contribution in [3.05, 3.63) is 11.4 Å². The number of aryl methyl sites for hydroxylation is 1. The highest BCUT2D eigenvalue weighted by Crippen LogP contribution is 2.49. The molecule has 0 spiro atoms. The van der Waals surface area contributed by atoms with Gasteiger partial charge in [0.15, 0.2) is 5.69 Å². The van der Waals surface area contributed by atoms with Crippen LogP contribution in [0.1, 0.15) is 62.1 Å². The van der Waals surface area contributed by atoms with E-state index in [2.05, 4.69) is 29.4 Å². The molecule has 1 aromatic heterocycles. The number of H-pyrrole nitrogens is 1. The molecule has 3 rings (SSSR count). The van der Waals surface area contributed by atoms with E-state index in [0.29, 0.717) is 17.3 Å². The maximum Gasteiger partial charge on any atom is 0.274 e. The van der Waals surface area contributed by atoms with Gasteiger partial charge in [-0.2, -0.15) is 5.10 Å². The number of hydrogen-bond donors (Lipinski definition) is 3. The van der Waals surface area contributed by atoms with Crippen molar-refractivity contribution in [3.63, 3.8) is 0 Å². The lowest BCUT2D eigenvalue weighted by molar-refractivity contribution is 0.0911. The van der Waals surface area contributed by atoms with Crippen LogP contribution in [-0.2, 0) is 6.42 Å². The number of aromatic nitrogens is 2. The summed E-state index contributed by atoms with van der Waals surface area (Å²) in [5.74, 6) is 2.19. The van der Waals surface area contributed by atoms with Crippen molar-refractivity contribution in [2.75, 3.05) is 5.73 Å². The molecule has 0 saturated heterocycles. The predicted molar refractivity (Wildman–Crippen MR) is 82.9 cm³/mol. The lowest BCUT2D eigenvalue weighted by Gasteiger charge is -2.28. The van der Waals surface area contributed by atoms with Crippen molar-refractivity contribution in [2.24, 2.45) is 17.8 Å². The molecule has 116 valence electrons. The maximum absolute atomic E-state index is 12.4. The predicted octanol–water partition coefficient (Wildman–Crippen LogP) is 2.50. The van der Waals surface area contributed by atoms with E-state index in [1.807, 2.05) is 0 Å². The van der Waals surface area contributed by atoms with Gasteiger partial charge in [-0.3, -0.25) is 9.89 Å². The molecule has 0 aromatic carbocycles. The quantitative estimate of drug-likeness (QED) is 0.779. The normalized spacial score (nSPS) is 28.8. The van der Waals surface area contributed by atoms with Gasteiger partial charge < -0.3 is 11.1 Å². The minimum atomic E-state index is -0.138. The molecule has 0 radical (unpaired) electrons. The Bertz CT molecular complexity index is 524. The zero-order chi connectivity index (χ0) is 15.0. The molecule has 4 N–H and O–H groups in total. The number of rotatable bonds is 5. The molecular weight excluding hydrogens is 264 g/mol. The second-order valence-electron chi connectivity index (χ2n) is 6.82. The number of nitrogens with one attached hydrogen (secondary N) is 2. The van der Waals surface area contributed by atoms with Crippen LogP contribution in [0.5, 0.6) is 0 Å². The fraction of sp³-hybridized carbons (Fsp3) is 0.750. The number of aromatic amines is 1. The van der Waals surface area contributed by atoms with Gasteiger partial charge in [-0.25, -0.2) is 0 Å². The lowest BCUT2D eigenvalue weighted by Crippen LogP contribution is -2.40. The first-order valence-electron chi connectivity index (χ1n) is 8.23. The second kappa shape index (κ2) is 5.70. The van der Waals surface area contributed by atoms with Crippen molar-refractivity contribution in [1.29, 1.82) is 0 Å². The van der Waals surface area contributed by atoms with Gasteiger partial charge in [0, 0.05) is 6.04 Å². The summed E-state index contributed by atoms with van der Waals surface area (Å²) in [6.07, 6.45) is 7.15. The average Bonchev–Trinajstić information content (AvgIpc) is 3.15. The van der Waals surface area contributed by atoms with Crippen LogP contribution in [0, 0.1) is 17.8 Å². The number of fused-ring (bicyclic) bond motifs is 2. The molecule has 1 amide bonds. The van der Waals surface area contributed by atoms with Crippen molar-refractivity contribution >= 4 is 11.6 Å². The van der Waals surface area contributed by atoms with Crippen molar-refractivity contribution in [3.8, 4) is 0 Å². The Morgan fingerprint density at radius 3 is 2.90 bits per heavy atom. The van der Waals surface area contributed by atoms with E-state index < -0.39 is 0 Å². The largest absolute Gasteiger partial charge is 0.395 e. The highest BCUT2D eigenvalue weighted by molar-refractivity contribution is 5.97. The third kappa shape index (κ3) is 2.65. The van der Waals surface area contributed by atoms with Gasteiger partial charge >= 0.3 is 0 Å². The minimum Gasteiger partial charge on any atom is -0.395 e. The second-order valence-corrected chi connectivity index (χ2v) is 6.82. The third-order valence-electron chi connectivity index (χ3n) is 5.39. The fourth-order valence-corrected chi connectivity index (χ4v) is 4.29. The molecule has 0 aliphatic heterocycles. The highest BCUT2D eigenvalue weighted by atomic mass is 16.2. The van der Waals surface area contributed by atoms with Gasteiger partial charge in [0.25, 0.3) is 5.91 Å². The summed E-state index contributed by atoms with van der Waals surface area (Å²) < 4.78 is 0. The van der Waals surface area contributed by atoms with Gasteiger partial charge in [-0.1, -0.05) is 19.8 Å². The van der Waals surface area contributed by atoms with Crippen LogP contribution in [0.25, 0.3) is 0 Å². The first-order chi connectivity index (χ1) is 10.1. The van der Waals surface area contributed by atoms with Crippen LogP contribution in [0.3, 0.4) is 0 Å². The van der Waals surface area contributed by atoms with Crippen molar-refractivity contribution in [1.82, 2.24) is 15.5 Å². The van der Waals surface area contributed by atoms with Gasteiger partial charge in [-0.05, 0) is 50.4 Å². The Morgan fingerprint density at radius 1 is 1.48 bits per heavy atom. The molecule has 4 atom stereocenters. The number of amides is 1. The van der Waals surface area contributed by atoms with E-state index in [4.69, 9.17) is 5.73 Å². The standard InChI is InChI=1S/C16H26N4O/c1-3-4-13-14(17)15(20-19-13)16(21)18-9(2)12-8-10-5-6-11(12)7-10/h9-12H,3-8,17H2,1-2H3,(H,18,21)(H,19,20). The van der Waals surface area contributed by atoms with Crippen molar-refractivity contribution in [2.45, 2.75) is 58.4 Å². The number of hydrogen-bond acceptors (Lipinski definition) is 3. The Labute approximate surface area is 126 Å². The summed E-state index contributed by atoms with van der Waals surface area (Å²) in [6.45, 7) is 4.20. The Morgan fingerprint density at radius 2 is 2.29 bits per heavy atom. The average molecular weight is 290 g/mol. The first kappa shape index (κ1) is 14.4. The molecule has 4 unspecified atom stereocenters. The molecule has 2 aliphatic carbocycles. The zero-order valence-electron chi connectivity index (χ0n) is 13.0. The Kier molecular flexibility index (Phi) is 3.91. The smallest absolute Gasteiger partial charge is 0.274 e. The van der Waals surface area contributed by atoms with Crippen LogP contribution in [0.2, 0.25) is 0 Å². The van der Waals surface area contributed by atoms with E-state index in [-0.39, 0.29) is 11.9 Å². The number of nitrogen functional groups attached to an aromatic ring is 1. The molecule has 1 heterocycles. The van der Waals surface area contributed by atoms with E-state index in [1.54, 1.807) is 0 Å². The zero-order valence-corrected chi connectivity index (χ0v) is 13.0. The van der Waals surface area contributed by atoms with Crippen LogP contribution < -0.4 is 11.1 Å². The third-order valence-corrected chi connectivity index (χ3v) is 5.39. The molecular formula is C16H26N4O. The number of anilines is 1. The molecule has 2 aliphatic rings. The van der Waals surface area contributed by atoms with E-state index in [9.17, 15) is 4.79 Å². The minimum absolute atomic E-state index is 0.138. The molecule has 5 heteroatoms. The van der Waals surface area contributed by atoms with Gasteiger partial charge in [0.05, 0.1) is 11.4 Å². The first-order valence-corrected chi connectivity index (χ1v) is 8.23. The van der Waals surface area contributed by atoms with Crippen LogP contribution in [0.15, 0.2) is 0 Å². The monoisotopic (exact) mass is 290 g/mol. The molecule has 2 saturated carbocycles. The van der Waals surface area contributed by atoms with E-state index in [1.165, 1.54) is 25.7 Å². The molecule has 2 fully saturated rings. The summed E-state index contributed by atoms with van der Waals surface area (Å²) in [4.78, 5) is 12.4. The number of carbonyl (C=O) groups excluding carboxylic acids is 1. The highest BCUT2D eigenvalue weighted by Gasteiger charge is 2.42. The summed E-state index contributed by atoms with van der Waals surface area (Å²) >= 11 is 0. The molecule has 2 bridgehead atoms. The van der Waals surface area contributed by atoms with Crippen LogP contribution in [0.4, 0.5) is 5.69 Å². The summed E-state index contributed by atoms with van der Waals surface area (Å²) in [5.41, 5.74) is 7.76. The van der Waals surface area contributed by atoms with Crippen LogP contribution in [-0.4, -0.2) is 22.1 Å².